The molecule has 20 heavy (non-hydrogen) atoms. The minimum absolute atomic E-state index is 0.193. The van der Waals surface area contributed by atoms with E-state index in [1.165, 1.54) is 0 Å². The van der Waals surface area contributed by atoms with Gasteiger partial charge in [-0.1, -0.05) is 22.1 Å². The highest BCUT2D eigenvalue weighted by Gasteiger charge is 2.27. The van der Waals surface area contributed by atoms with Crippen molar-refractivity contribution < 1.29 is 17.0 Å². The standard InChI is InChI=1S/C13H19FN2O3S/c1-19-13-5-3-2-4-11(13)10-15-12-6-8-16(9-7-12)20(14,17)18/h2-5,12,15H,6-10H2,1H3. The van der Waals surface area contributed by atoms with Gasteiger partial charge in [-0.15, -0.1) is 0 Å². The number of piperidine rings is 1. The Balaban J connectivity index is 1.85. The van der Waals surface area contributed by atoms with Crippen molar-refractivity contribution in [1.29, 1.82) is 0 Å². The molecule has 112 valence electrons. The first-order chi connectivity index (χ1) is 9.50. The van der Waals surface area contributed by atoms with Crippen molar-refractivity contribution in [3.8, 4) is 5.75 Å². The van der Waals surface area contributed by atoms with E-state index in [0.29, 0.717) is 19.4 Å². The molecule has 7 heteroatoms. The van der Waals surface area contributed by atoms with Gasteiger partial charge >= 0.3 is 10.4 Å². The largest absolute Gasteiger partial charge is 0.496 e. The monoisotopic (exact) mass is 302 g/mol. The number of nitrogens with zero attached hydrogens (tertiary/aromatic N) is 1. The fourth-order valence-electron chi connectivity index (χ4n) is 2.38. The molecular weight excluding hydrogens is 283 g/mol. The van der Waals surface area contributed by atoms with Crippen molar-refractivity contribution in [3.63, 3.8) is 0 Å². The summed E-state index contributed by atoms with van der Waals surface area (Å²) in [7, 11) is -2.91. The minimum Gasteiger partial charge on any atom is -0.496 e. The molecule has 0 atom stereocenters. The molecule has 0 saturated carbocycles. The lowest BCUT2D eigenvalue weighted by molar-refractivity contribution is 0.278. The lowest BCUT2D eigenvalue weighted by atomic mass is 10.1. The molecule has 0 unspecified atom stereocenters. The zero-order valence-electron chi connectivity index (χ0n) is 11.4. The fourth-order valence-corrected chi connectivity index (χ4v) is 3.03. The summed E-state index contributed by atoms with van der Waals surface area (Å²) in [5.41, 5.74) is 1.05. The van der Waals surface area contributed by atoms with Gasteiger partial charge in [0.15, 0.2) is 0 Å². The summed E-state index contributed by atoms with van der Waals surface area (Å²) in [6, 6.07) is 7.92. The highest BCUT2D eigenvalue weighted by molar-refractivity contribution is 7.83. The SMILES string of the molecule is COc1ccccc1CNC1CCN(S(=O)(=O)F)CC1. The molecule has 0 aliphatic carbocycles. The molecule has 0 bridgehead atoms. The second kappa shape index (κ2) is 6.51. The summed E-state index contributed by atoms with van der Waals surface area (Å²) in [5, 5.41) is 3.36. The first kappa shape index (κ1) is 15.2. The lowest BCUT2D eigenvalue weighted by Gasteiger charge is -2.29. The molecule has 1 aromatic carbocycles. The molecule has 1 N–H and O–H groups in total. The van der Waals surface area contributed by atoms with E-state index in [-0.39, 0.29) is 19.1 Å². The predicted molar refractivity (Wildman–Crippen MR) is 74.5 cm³/mol. The second-order valence-electron chi connectivity index (χ2n) is 4.81. The third-order valence-electron chi connectivity index (χ3n) is 3.54. The predicted octanol–water partition coefficient (Wildman–Crippen LogP) is 1.46. The number of rotatable bonds is 5. The average molecular weight is 302 g/mol. The van der Waals surface area contributed by atoms with Gasteiger partial charge in [0.2, 0.25) is 0 Å². The Bertz CT molecular complexity index is 542. The number of para-hydroxylation sites is 1. The Kier molecular flexibility index (Phi) is 4.95. The number of benzene rings is 1. The third kappa shape index (κ3) is 3.91. The smallest absolute Gasteiger partial charge is 0.374 e. The van der Waals surface area contributed by atoms with Crippen LogP contribution in [0.5, 0.6) is 5.75 Å². The van der Waals surface area contributed by atoms with Crippen molar-refractivity contribution in [3.05, 3.63) is 29.8 Å². The Morgan fingerprint density at radius 1 is 1.35 bits per heavy atom. The van der Waals surface area contributed by atoms with Gasteiger partial charge in [-0.2, -0.15) is 12.7 Å². The van der Waals surface area contributed by atoms with Gasteiger partial charge in [-0.05, 0) is 18.9 Å². The van der Waals surface area contributed by atoms with Crippen molar-refractivity contribution in [2.24, 2.45) is 0 Å². The second-order valence-corrected chi connectivity index (χ2v) is 6.15. The number of hydrogen-bond donors (Lipinski definition) is 1. The summed E-state index contributed by atoms with van der Waals surface area (Å²) in [4.78, 5) is 0. The zero-order valence-corrected chi connectivity index (χ0v) is 12.2. The van der Waals surface area contributed by atoms with Crippen LogP contribution in [0.3, 0.4) is 0 Å². The van der Waals surface area contributed by atoms with E-state index in [2.05, 4.69) is 5.32 Å². The minimum atomic E-state index is -4.54. The van der Waals surface area contributed by atoms with E-state index in [1.54, 1.807) is 7.11 Å². The van der Waals surface area contributed by atoms with Gasteiger partial charge < -0.3 is 10.1 Å². The molecule has 1 aliphatic heterocycles. The van der Waals surface area contributed by atoms with E-state index in [9.17, 15) is 12.3 Å². The molecule has 0 amide bonds. The van der Waals surface area contributed by atoms with E-state index in [0.717, 1.165) is 15.6 Å². The Hall–Kier alpha value is -1.18. The van der Waals surface area contributed by atoms with Crippen LogP contribution in [0, 0.1) is 0 Å². The number of ether oxygens (including phenoxy) is 1. The van der Waals surface area contributed by atoms with Crippen molar-refractivity contribution in [1.82, 2.24) is 9.62 Å². The Morgan fingerprint density at radius 3 is 2.60 bits per heavy atom. The molecular formula is C13H19FN2O3S. The zero-order chi connectivity index (χ0) is 14.6. The van der Waals surface area contributed by atoms with Gasteiger partial charge in [0.25, 0.3) is 0 Å². The van der Waals surface area contributed by atoms with Crippen LogP contribution in [0.15, 0.2) is 24.3 Å². The van der Waals surface area contributed by atoms with Crippen LogP contribution in [-0.4, -0.2) is 39.0 Å². The third-order valence-corrected chi connectivity index (χ3v) is 4.52. The average Bonchev–Trinajstić information content (AvgIpc) is 2.45. The number of halogens is 1. The number of hydrogen-bond acceptors (Lipinski definition) is 4. The van der Waals surface area contributed by atoms with Crippen LogP contribution >= 0.6 is 0 Å². The molecule has 1 saturated heterocycles. The molecule has 1 aliphatic rings. The van der Waals surface area contributed by atoms with Crippen LogP contribution in [0.2, 0.25) is 0 Å². The topological polar surface area (TPSA) is 58.6 Å². The van der Waals surface area contributed by atoms with Crippen molar-refractivity contribution in [2.45, 2.75) is 25.4 Å². The lowest BCUT2D eigenvalue weighted by Crippen LogP contribution is -2.43. The Morgan fingerprint density at radius 2 is 2.00 bits per heavy atom. The molecule has 5 nitrogen and oxygen atoms in total. The van der Waals surface area contributed by atoms with E-state index >= 15 is 0 Å². The summed E-state index contributed by atoms with van der Waals surface area (Å²) in [5.74, 6) is 0.823. The van der Waals surface area contributed by atoms with Gasteiger partial charge in [0.1, 0.15) is 5.75 Å². The summed E-state index contributed by atoms with van der Waals surface area (Å²) < 4.78 is 40.5. The fraction of sp³-hybridized carbons (Fsp3) is 0.538. The first-order valence-corrected chi connectivity index (χ1v) is 7.90. The van der Waals surface area contributed by atoms with E-state index in [1.807, 2.05) is 24.3 Å². The molecule has 0 radical (unpaired) electrons. The maximum absolute atomic E-state index is 12.8. The first-order valence-electron chi connectivity index (χ1n) is 6.55. The molecule has 0 spiro atoms. The Labute approximate surface area is 119 Å². The number of methoxy groups -OCH3 is 1. The summed E-state index contributed by atoms with van der Waals surface area (Å²) in [6.07, 6.45) is 1.22. The van der Waals surface area contributed by atoms with Crippen LogP contribution in [0.25, 0.3) is 0 Å². The molecule has 1 fully saturated rings. The molecule has 1 heterocycles. The van der Waals surface area contributed by atoms with Crippen LogP contribution in [-0.2, 0) is 17.0 Å². The highest BCUT2D eigenvalue weighted by atomic mass is 32.3. The van der Waals surface area contributed by atoms with Crippen molar-refractivity contribution >= 4 is 10.4 Å². The molecule has 0 aromatic heterocycles. The molecule has 1 aromatic rings. The maximum atomic E-state index is 12.8. The summed E-state index contributed by atoms with van der Waals surface area (Å²) >= 11 is 0. The van der Waals surface area contributed by atoms with Gasteiger partial charge in [0.05, 0.1) is 7.11 Å². The van der Waals surface area contributed by atoms with E-state index in [4.69, 9.17) is 4.74 Å². The molecule has 2 rings (SSSR count). The van der Waals surface area contributed by atoms with Crippen LogP contribution < -0.4 is 10.1 Å². The highest BCUT2D eigenvalue weighted by Crippen LogP contribution is 2.19. The van der Waals surface area contributed by atoms with Gasteiger partial charge in [-0.25, -0.2) is 0 Å². The van der Waals surface area contributed by atoms with Gasteiger partial charge in [-0.3, -0.25) is 0 Å². The number of nitrogens with one attached hydrogen (secondary N) is 1. The maximum Gasteiger partial charge on any atom is 0.374 e. The summed E-state index contributed by atoms with van der Waals surface area (Å²) in [6.45, 7) is 1.10. The van der Waals surface area contributed by atoms with Crippen LogP contribution in [0.4, 0.5) is 3.89 Å². The van der Waals surface area contributed by atoms with E-state index < -0.39 is 10.4 Å². The quantitative estimate of drug-likeness (QED) is 0.837. The normalized spacial score (nSPS) is 18.1. The van der Waals surface area contributed by atoms with Crippen molar-refractivity contribution in [2.75, 3.05) is 20.2 Å². The van der Waals surface area contributed by atoms with Crippen LogP contribution in [0.1, 0.15) is 18.4 Å². The van der Waals surface area contributed by atoms with Gasteiger partial charge in [0, 0.05) is 31.2 Å².